The van der Waals surface area contributed by atoms with Gasteiger partial charge in [0.05, 0.1) is 26.9 Å². The van der Waals surface area contributed by atoms with Gasteiger partial charge < -0.3 is 18.9 Å². The molecule has 0 radical (unpaired) electrons. The topological polar surface area (TPSA) is 57.2 Å². The molecule has 6 heteroatoms. The molecule has 0 N–H and O–H groups in total. The third kappa shape index (κ3) is 4.89. The molecule has 0 spiro atoms. The lowest BCUT2D eigenvalue weighted by Gasteiger charge is -2.27. The van der Waals surface area contributed by atoms with Gasteiger partial charge in [-0.2, -0.15) is 0 Å². The molecular formula is C23H29NO5. The highest BCUT2D eigenvalue weighted by Crippen LogP contribution is 2.45. The van der Waals surface area contributed by atoms with Crippen molar-refractivity contribution >= 4 is 6.29 Å². The zero-order valence-electron chi connectivity index (χ0n) is 17.4. The molecule has 0 aliphatic carbocycles. The van der Waals surface area contributed by atoms with E-state index in [1.54, 1.807) is 7.11 Å². The van der Waals surface area contributed by atoms with Crippen LogP contribution in [0.3, 0.4) is 0 Å². The van der Waals surface area contributed by atoms with Gasteiger partial charge in [-0.25, -0.2) is 0 Å². The number of para-hydroxylation sites is 1. The normalized spacial score (nSPS) is 14.4. The minimum atomic E-state index is 0.488. The van der Waals surface area contributed by atoms with E-state index in [1.165, 1.54) is 0 Å². The fraction of sp³-hybridized carbons (Fsp3) is 0.435. The highest BCUT2D eigenvalue weighted by atomic mass is 16.5. The number of carbonyl (C=O) groups is 1. The maximum atomic E-state index is 11.9. The highest BCUT2D eigenvalue weighted by Gasteiger charge is 2.23. The van der Waals surface area contributed by atoms with Crippen LogP contribution >= 0.6 is 0 Å². The molecule has 0 saturated carbocycles. The quantitative estimate of drug-likeness (QED) is 0.601. The molecule has 1 heterocycles. The second-order valence-corrected chi connectivity index (χ2v) is 6.87. The van der Waals surface area contributed by atoms with Gasteiger partial charge in [0, 0.05) is 36.3 Å². The van der Waals surface area contributed by atoms with Crippen molar-refractivity contribution in [1.82, 2.24) is 4.90 Å². The summed E-state index contributed by atoms with van der Waals surface area (Å²) in [5.41, 5.74) is 2.93. The number of aryl methyl sites for hydroxylation is 1. The van der Waals surface area contributed by atoms with Crippen LogP contribution in [0, 0.1) is 6.92 Å². The fourth-order valence-electron chi connectivity index (χ4n) is 3.61. The van der Waals surface area contributed by atoms with Gasteiger partial charge in [-0.15, -0.1) is 0 Å². The van der Waals surface area contributed by atoms with E-state index >= 15 is 0 Å². The minimum Gasteiger partial charge on any atom is -0.493 e. The molecular weight excluding hydrogens is 370 g/mol. The molecule has 1 saturated heterocycles. The van der Waals surface area contributed by atoms with Gasteiger partial charge in [-0.3, -0.25) is 9.69 Å². The summed E-state index contributed by atoms with van der Waals surface area (Å²) in [5, 5.41) is 0. The summed E-state index contributed by atoms with van der Waals surface area (Å²) < 4.78 is 23.1. The van der Waals surface area contributed by atoms with Gasteiger partial charge in [0.1, 0.15) is 12.4 Å². The van der Waals surface area contributed by atoms with Gasteiger partial charge in [-0.1, -0.05) is 18.2 Å². The monoisotopic (exact) mass is 399 g/mol. The Bertz CT molecular complexity index is 830. The van der Waals surface area contributed by atoms with Gasteiger partial charge in [0.15, 0.2) is 17.8 Å². The summed E-state index contributed by atoms with van der Waals surface area (Å²) in [6.07, 6.45) is 0.860. The first kappa shape index (κ1) is 21.1. The van der Waals surface area contributed by atoms with E-state index in [-0.39, 0.29) is 0 Å². The lowest BCUT2D eigenvalue weighted by molar-refractivity contribution is 0.0321. The molecule has 0 unspecified atom stereocenters. The largest absolute Gasteiger partial charge is 0.493 e. The molecule has 1 aliphatic rings. The van der Waals surface area contributed by atoms with E-state index in [0.29, 0.717) is 41.6 Å². The van der Waals surface area contributed by atoms with Gasteiger partial charge >= 0.3 is 0 Å². The van der Waals surface area contributed by atoms with Crippen molar-refractivity contribution in [2.75, 3.05) is 53.2 Å². The van der Waals surface area contributed by atoms with E-state index in [2.05, 4.69) is 4.90 Å². The fourth-order valence-corrected chi connectivity index (χ4v) is 3.61. The SMILES string of the molecule is CCOc1ccccc1-c1c(C=O)cc(C)c(OC)c1OCCN1CCOCC1. The summed E-state index contributed by atoms with van der Waals surface area (Å²) in [4.78, 5) is 14.2. The Hall–Kier alpha value is -2.57. The third-order valence-corrected chi connectivity index (χ3v) is 5.00. The summed E-state index contributed by atoms with van der Waals surface area (Å²) in [7, 11) is 1.62. The number of carbonyl (C=O) groups excluding carboxylic acids is 1. The number of benzene rings is 2. The van der Waals surface area contributed by atoms with Crippen molar-refractivity contribution in [3.8, 4) is 28.4 Å². The van der Waals surface area contributed by atoms with Crippen molar-refractivity contribution in [2.24, 2.45) is 0 Å². The number of aldehydes is 1. The summed E-state index contributed by atoms with van der Waals surface area (Å²) in [5.74, 6) is 1.93. The smallest absolute Gasteiger partial charge is 0.170 e. The van der Waals surface area contributed by atoms with E-state index in [9.17, 15) is 4.79 Å². The predicted octanol–water partition coefficient (Wildman–Crippen LogP) is 3.59. The summed E-state index contributed by atoms with van der Waals surface area (Å²) in [6, 6.07) is 9.52. The lowest BCUT2D eigenvalue weighted by Crippen LogP contribution is -2.38. The third-order valence-electron chi connectivity index (χ3n) is 5.00. The van der Waals surface area contributed by atoms with Crippen LogP contribution in [0.4, 0.5) is 0 Å². The highest BCUT2D eigenvalue weighted by molar-refractivity contribution is 5.94. The molecule has 0 aromatic heterocycles. The maximum Gasteiger partial charge on any atom is 0.170 e. The lowest BCUT2D eigenvalue weighted by atomic mass is 9.95. The van der Waals surface area contributed by atoms with E-state index in [0.717, 1.165) is 50.3 Å². The van der Waals surface area contributed by atoms with Crippen LogP contribution in [0.1, 0.15) is 22.8 Å². The van der Waals surface area contributed by atoms with Crippen LogP contribution in [-0.4, -0.2) is 64.4 Å². The Morgan fingerprint density at radius 3 is 2.59 bits per heavy atom. The number of hydrogen-bond donors (Lipinski definition) is 0. The van der Waals surface area contributed by atoms with Crippen molar-refractivity contribution < 1.29 is 23.7 Å². The first-order valence-electron chi connectivity index (χ1n) is 10.0. The van der Waals surface area contributed by atoms with Gasteiger partial charge in [0.25, 0.3) is 0 Å². The molecule has 0 bridgehead atoms. The van der Waals surface area contributed by atoms with Crippen LogP contribution < -0.4 is 14.2 Å². The molecule has 3 rings (SSSR count). The van der Waals surface area contributed by atoms with Crippen molar-refractivity contribution in [3.63, 3.8) is 0 Å². The minimum absolute atomic E-state index is 0.488. The molecule has 2 aromatic carbocycles. The zero-order valence-corrected chi connectivity index (χ0v) is 17.4. The molecule has 2 aromatic rings. The first-order chi connectivity index (χ1) is 14.2. The van der Waals surface area contributed by atoms with Crippen LogP contribution in [0.5, 0.6) is 17.2 Å². The standard InChI is InChI=1S/C23H29NO5/c1-4-28-20-8-6-5-7-19(20)21-18(16-25)15-17(2)22(26-3)23(21)29-14-11-24-9-12-27-13-10-24/h5-8,15-16H,4,9-14H2,1-3H3. The number of morpholine rings is 1. The number of hydrogen-bond acceptors (Lipinski definition) is 6. The Kier molecular flexibility index (Phi) is 7.49. The number of nitrogens with zero attached hydrogens (tertiary/aromatic N) is 1. The molecule has 0 atom stereocenters. The maximum absolute atomic E-state index is 11.9. The van der Waals surface area contributed by atoms with Crippen LogP contribution in [0.15, 0.2) is 30.3 Å². The average Bonchev–Trinajstić information content (AvgIpc) is 2.75. The predicted molar refractivity (Wildman–Crippen MR) is 112 cm³/mol. The Morgan fingerprint density at radius 2 is 1.90 bits per heavy atom. The van der Waals surface area contributed by atoms with Gasteiger partial charge in [0.2, 0.25) is 0 Å². The molecule has 6 nitrogen and oxygen atoms in total. The first-order valence-corrected chi connectivity index (χ1v) is 10.0. The zero-order chi connectivity index (χ0) is 20.6. The Morgan fingerprint density at radius 1 is 1.14 bits per heavy atom. The van der Waals surface area contributed by atoms with E-state index < -0.39 is 0 Å². The van der Waals surface area contributed by atoms with Crippen molar-refractivity contribution in [1.29, 1.82) is 0 Å². The summed E-state index contributed by atoms with van der Waals surface area (Å²) in [6.45, 7) is 8.94. The summed E-state index contributed by atoms with van der Waals surface area (Å²) >= 11 is 0. The number of ether oxygens (including phenoxy) is 4. The molecule has 1 fully saturated rings. The van der Waals surface area contributed by atoms with E-state index in [4.69, 9.17) is 18.9 Å². The molecule has 156 valence electrons. The van der Waals surface area contributed by atoms with Crippen LogP contribution in [-0.2, 0) is 4.74 Å². The van der Waals surface area contributed by atoms with Crippen LogP contribution in [0.25, 0.3) is 11.1 Å². The number of rotatable bonds is 9. The molecule has 29 heavy (non-hydrogen) atoms. The number of methoxy groups -OCH3 is 1. The Balaban J connectivity index is 2.00. The second kappa shape index (κ2) is 10.3. The van der Waals surface area contributed by atoms with Crippen LogP contribution in [0.2, 0.25) is 0 Å². The average molecular weight is 399 g/mol. The van der Waals surface area contributed by atoms with Crippen molar-refractivity contribution in [3.05, 3.63) is 41.5 Å². The Labute approximate surface area is 172 Å². The molecule has 0 amide bonds. The van der Waals surface area contributed by atoms with Gasteiger partial charge in [-0.05, 0) is 31.5 Å². The van der Waals surface area contributed by atoms with Crippen molar-refractivity contribution in [2.45, 2.75) is 13.8 Å². The van der Waals surface area contributed by atoms with E-state index in [1.807, 2.05) is 44.2 Å². The second-order valence-electron chi connectivity index (χ2n) is 6.87. The molecule has 1 aliphatic heterocycles.